The summed E-state index contributed by atoms with van der Waals surface area (Å²) in [5.41, 5.74) is 1.70. The molecule has 1 aromatic heterocycles. The van der Waals surface area contributed by atoms with Crippen LogP contribution in [0.4, 0.5) is 10.2 Å². The number of aromatic hydroxyl groups is 1. The lowest BCUT2D eigenvalue weighted by atomic mass is 10.1. The Morgan fingerprint density at radius 3 is 2.60 bits per heavy atom. The van der Waals surface area contributed by atoms with Crippen LogP contribution in [0.25, 0.3) is 0 Å². The second-order valence-corrected chi connectivity index (χ2v) is 8.77. The van der Waals surface area contributed by atoms with Crippen LogP contribution in [0.2, 0.25) is 0 Å². The van der Waals surface area contributed by atoms with E-state index in [2.05, 4.69) is 14.8 Å². The van der Waals surface area contributed by atoms with Gasteiger partial charge < -0.3 is 19.5 Å². The number of hydrogen-bond donors (Lipinski definition) is 1. The van der Waals surface area contributed by atoms with E-state index < -0.39 is 5.82 Å². The fraction of sp³-hybridized carbons (Fsp3) is 0.333. The van der Waals surface area contributed by atoms with E-state index in [0.29, 0.717) is 17.1 Å². The molecule has 2 heterocycles. The number of benzene rings is 2. The van der Waals surface area contributed by atoms with Crippen LogP contribution in [0.3, 0.4) is 0 Å². The van der Waals surface area contributed by atoms with Crippen LogP contribution in [0, 0.1) is 5.82 Å². The molecule has 0 saturated carbocycles. The lowest BCUT2D eigenvalue weighted by molar-refractivity contribution is 0.0378. The van der Waals surface area contributed by atoms with Gasteiger partial charge >= 0.3 is 5.97 Å². The number of phenols is 1. The van der Waals surface area contributed by atoms with Crippen LogP contribution in [0.15, 0.2) is 60.8 Å². The predicted molar refractivity (Wildman–Crippen MR) is 131 cm³/mol. The maximum Gasteiger partial charge on any atom is 0.342 e. The smallest absolute Gasteiger partial charge is 0.342 e. The average molecular weight is 480 g/mol. The van der Waals surface area contributed by atoms with Gasteiger partial charge in [-0.15, -0.1) is 0 Å². The first-order valence-corrected chi connectivity index (χ1v) is 11.7. The SMILES string of the molecule is CC(C)OC(=O)c1cccnc1N1CCN(Cc2cccc(OCc3c(O)cccc3F)c2)CC1. The molecule has 0 amide bonds. The molecule has 1 N–H and O–H groups in total. The Balaban J connectivity index is 1.34. The largest absolute Gasteiger partial charge is 0.507 e. The number of phenolic OH excluding ortho intramolecular Hbond substituents is 1. The van der Waals surface area contributed by atoms with E-state index in [1.54, 1.807) is 18.3 Å². The highest BCUT2D eigenvalue weighted by Gasteiger charge is 2.24. The van der Waals surface area contributed by atoms with E-state index in [9.17, 15) is 14.3 Å². The maximum absolute atomic E-state index is 13.9. The van der Waals surface area contributed by atoms with E-state index in [1.807, 2.05) is 38.1 Å². The van der Waals surface area contributed by atoms with Crippen molar-refractivity contribution in [3.05, 3.63) is 83.3 Å². The van der Waals surface area contributed by atoms with Gasteiger partial charge in [0.2, 0.25) is 0 Å². The Labute approximate surface area is 204 Å². The zero-order valence-corrected chi connectivity index (χ0v) is 20.0. The van der Waals surface area contributed by atoms with Crippen molar-refractivity contribution >= 4 is 11.8 Å². The van der Waals surface area contributed by atoms with E-state index in [1.165, 1.54) is 18.2 Å². The monoisotopic (exact) mass is 479 g/mol. The van der Waals surface area contributed by atoms with Crippen molar-refractivity contribution in [2.24, 2.45) is 0 Å². The Hall–Kier alpha value is -3.65. The molecule has 8 heteroatoms. The first-order chi connectivity index (χ1) is 16.9. The van der Waals surface area contributed by atoms with Gasteiger partial charge in [-0.3, -0.25) is 4.90 Å². The van der Waals surface area contributed by atoms with Crippen molar-refractivity contribution in [2.45, 2.75) is 33.1 Å². The van der Waals surface area contributed by atoms with Crippen molar-refractivity contribution in [3.63, 3.8) is 0 Å². The third kappa shape index (κ3) is 6.27. The molecule has 0 unspecified atom stereocenters. The van der Waals surface area contributed by atoms with Gasteiger partial charge in [0.1, 0.15) is 35.3 Å². The molecule has 0 radical (unpaired) electrons. The molecule has 1 aliphatic heterocycles. The van der Waals surface area contributed by atoms with Crippen LogP contribution in [-0.2, 0) is 17.9 Å². The minimum absolute atomic E-state index is 0.0493. The molecule has 0 atom stereocenters. The van der Waals surface area contributed by atoms with Crippen LogP contribution in [-0.4, -0.2) is 53.2 Å². The number of rotatable bonds is 8. The summed E-state index contributed by atoms with van der Waals surface area (Å²) in [6.07, 6.45) is 1.50. The maximum atomic E-state index is 13.9. The third-order valence-electron chi connectivity index (χ3n) is 5.80. The average Bonchev–Trinajstić information content (AvgIpc) is 2.84. The van der Waals surface area contributed by atoms with Crippen LogP contribution in [0.1, 0.15) is 35.3 Å². The van der Waals surface area contributed by atoms with Crippen LogP contribution >= 0.6 is 0 Å². The van der Waals surface area contributed by atoms with Gasteiger partial charge in [0.25, 0.3) is 0 Å². The highest BCUT2D eigenvalue weighted by Crippen LogP contribution is 2.24. The second kappa shape index (κ2) is 11.2. The fourth-order valence-corrected chi connectivity index (χ4v) is 4.04. The summed E-state index contributed by atoms with van der Waals surface area (Å²) < 4.78 is 25.1. The Bertz CT molecular complexity index is 1140. The quantitative estimate of drug-likeness (QED) is 0.480. The number of aromatic nitrogens is 1. The van der Waals surface area contributed by atoms with Gasteiger partial charge in [0.15, 0.2) is 0 Å². The predicted octanol–water partition coefficient (Wildman–Crippen LogP) is 4.39. The van der Waals surface area contributed by atoms with Crippen LogP contribution < -0.4 is 9.64 Å². The van der Waals surface area contributed by atoms with Gasteiger partial charge in [-0.25, -0.2) is 14.2 Å². The first kappa shape index (κ1) is 24.5. The number of esters is 1. The van der Waals surface area contributed by atoms with Gasteiger partial charge in [0.05, 0.1) is 11.7 Å². The molecule has 0 spiro atoms. The number of nitrogens with zero attached hydrogens (tertiary/aromatic N) is 3. The number of pyridine rings is 1. The Kier molecular flexibility index (Phi) is 7.82. The molecule has 184 valence electrons. The molecule has 4 rings (SSSR count). The zero-order chi connectivity index (χ0) is 24.8. The molecular formula is C27H30FN3O4. The van der Waals surface area contributed by atoms with Crippen molar-refractivity contribution < 1.29 is 23.8 Å². The van der Waals surface area contributed by atoms with Crippen molar-refractivity contribution in [1.29, 1.82) is 0 Å². The minimum Gasteiger partial charge on any atom is -0.507 e. The first-order valence-electron chi connectivity index (χ1n) is 11.7. The molecule has 0 bridgehead atoms. The number of piperazine rings is 1. The number of anilines is 1. The number of halogens is 1. The van der Waals surface area contributed by atoms with Crippen molar-refractivity contribution in [3.8, 4) is 11.5 Å². The normalized spacial score (nSPS) is 14.2. The van der Waals surface area contributed by atoms with Crippen LogP contribution in [0.5, 0.6) is 11.5 Å². The van der Waals surface area contributed by atoms with E-state index >= 15 is 0 Å². The molecule has 35 heavy (non-hydrogen) atoms. The number of hydrogen-bond acceptors (Lipinski definition) is 7. The molecule has 1 fully saturated rings. The summed E-state index contributed by atoms with van der Waals surface area (Å²) in [7, 11) is 0. The summed E-state index contributed by atoms with van der Waals surface area (Å²) in [6, 6.07) is 15.4. The Morgan fingerprint density at radius 1 is 1.09 bits per heavy atom. The van der Waals surface area contributed by atoms with E-state index in [4.69, 9.17) is 9.47 Å². The summed E-state index contributed by atoms with van der Waals surface area (Å²) in [5, 5.41) is 9.87. The second-order valence-electron chi connectivity index (χ2n) is 8.77. The number of carbonyl (C=O) groups is 1. The van der Waals surface area contributed by atoms with Gasteiger partial charge in [-0.1, -0.05) is 18.2 Å². The molecular weight excluding hydrogens is 449 g/mol. The molecule has 1 saturated heterocycles. The number of carbonyl (C=O) groups excluding carboxylic acids is 1. The summed E-state index contributed by atoms with van der Waals surface area (Å²) in [6.45, 7) is 7.44. The lowest BCUT2D eigenvalue weighted by Gasteiger charge is -2.36. The number of ether oxygens (including phenoxy) is 2. The molecule has 1 aliphatic rings. The zero-order valence-electron chi connectivity index (χ0n) is 20.0. The highest BCUT2D eigenvalue weighted by atomic mass is 19.1. The topological polar surface area (TPSA) is 75.1 Å². The molecule has 2 aromatic carbocycles. The van der Waals surface area contributed by atoms with Gasteiger partial charge in [-0.05, 0) is 55.8 Å². The third-order valence-corrected chi connectivity index (χ3v) is 5.80. The van der Waals surface area contributed by atoms with Gasteiger partial charge in [0, 0.05) is 38.9 Å². The summed E-state index contributed by atoms with van der Waals surface area (Å²) >= 11 is 0. The minimum atomic E-state index is -0.493. The van der Waals surface area contributed by atoms with E-state index in [0.717, 1.165) is 38.3 Å². The van der Waals surface area contributed by atoms with Crippen molar-refractivity contribution in [2.75, 3.05) is 31.1 Å². The Morgan fingerprint density at radius 2 is 1.86 bits per heavy atom. The summed E-state index contributed by atoms with van der Waals surface area (Å²) in [4.78, 5) is 21.4. The van der Waals surface area contributed by atoms with E-state index in [-0.39, 0.29) is 30.0 Å². The lowest BCUT2D eigenvalue weighted by Crippen LogP contribution is -2.46. The highest BCUT2D eigenvalue weighted by molar-refractivity contribution is 5.94. The fourth-order valence-electron chi connectivity index (χ4n) is 4.04. The van der Waals surface area contributed by atoms with Gasteiger partial charge in [-0.2, -0.15) is 0 Å². The molecule has 7 nitrogen and oxygen atoms in total. The standard InChI is InChI=1S/C27H30FN3O4/c1-19(2)35-27(33)22-8-5-11-29-26(22)31-14-12-30(13-15-31)17-20-6-3-7-21(16-20)34-18-23-24(28)9-4-10-25(23)32/h3-11,16,19,32H,12-15,17-18H2,1-2H3. The molecule has 3 aromatic rings. The van der Waals surface area contributed by atoms with Crippen molar-refractivity contribution in [1.82, 2.24) is 9.88 Å². The summed E-state index contributed by atoms with van der Waals surface area (Å²) in [5.74, 6) is 0.307. The molecule has 0 aliphatic carbocycles.